The molecule has 0 aliphatic carbocycles. The number of anilines is 1. The van der Waals surface area contributed by atoms with E-state index in [1.54, 1.807) is 6.08 Å². The van der Waals surface area contributed by atoms with Crippen molar-refractivity contribution < 1.29 is 4.79 Å². The van der Waals surface area contributed by atoms with E-state index in [2.05, 4.69) is 42.8 Å². The molecule has 3 heteroatoms. The van der Waals surface area contributed by atoms with Crippen molar-refractivity contribution >= 4 is 28.6 Å². The van der Waals surface area contributed by atoms with Crippen LogP contribution in [-0.2, 0) is 17.3 Å². The van der Waals surface area contributed by atoms with Gasteiger partial charge in [-0.15, -0.1) is 0 Å². The van der Waals surface area contributed by atoms with Gasteiger partial charge in [-0.25, -0.2) is 0 Å². The van der Waals surface area contributed by atoms with Gasteiger partial charge in [-0.3, -0.25) is 4.79 Å². The molecule has 25 heavy (non-hydrogen) atoms. The monoisotopic (exact) mass is 332 g/mol. The van der Waals surface area contributed by atoms with E-state index in [0.29, 0.717) is 0 Å². The molecule has 1 amide bonds. The van der Waals surface area contributed by atoms with Gasteiger partial charge in [-0.2, -0.15) is 0 Å². The Bertz CT molecular complexity index is 925. The van der Waals surface area contributed by atoms with E-state index in [4.69, 9.17) is 0 Å². The molecule has 0 bridgehead atoms. The van der Waals surface area contributed by atoms with Gasteiger partial charge in [0.15, 0.2) is 0 Å². The number of nitrogens with one attached hydrogen (secondary N) is 1. The van der Waals surface area contributed by atoms with Crippen LogP contribution in [0.25, 0.3) is 17.0 Å². The number of amides is 1. The van der Waals surface area contributed by atoms with Crippen LogP contribution in [0.5, 0.6) is 0 Å². The summed E-state index contributed by atoms with van der Waals surface area (Å²) in [6.45, 7) is 6.57. The predicted octanol–water partition coefficient (Wildman–Crippen LogP) is 5.13. The first kappa shape index (κ1) is 17.0. The third-order valence-electron chi connectivity index (χ3n) is 4.36. The van der Waals surface area contributed by atoms with Crippen molar-refractivity contribution in [3.63, 3.8) is 0 Å². The van der Waals surface area contributed by atoms with Crippen molar-refractivity contribution in [1.29, 1.82) is 0 Å². The van der Waals surface area contributed by atoms with Crippen molar-refractivity contribution in [3.05, 3.63) is 71.9 Å². The van der Waals surface area contributed by atoms with Gasteiger partial charge in [0.25, 0.3) is 0 Å². The molecule has 0 aliphatic rings. The topological polar surface area (TPSA) is 34.0 Å². The minimum absolute atomic E-state index is 0.129. The summed E-state index contributed by atoms with van der Waals surface area (Å²) in [6.07, 6.45) is 5.42. The fraction of sp³-hybridized carbons (Fsp3) is 0.227. The lowest BCUT2D eigenvalue weighted by molar-refractivity contribution is -0.111. The summed E-state index contributed by atoms with van der Waals surface area (Å²) in [7, 11) is 2.01. The largest absolute Gasteiger partial charge is 0.351 e. The first-order valence-corrected chi connectivity index (χ1v) is 8.48. The van der Waals surface area contributed by atoms with Crippen LogP contribution < -0.4 is 5.32 Å². The van der Waals surface area contributed by atoms with Gasteiger partial charge < -0.3 is 9.88 Å². The number of nitrogens with zero attached hydrogens (tertiary/aromatic N) is 1. The molecule has 1 aromatic heterocycles. The number of aryl methyl sites for hydroxylation is 1. The van der Waals surface area contributed by atoms with Crippen LogP contribution in [0.2, 0.25) is 0 Å². The summed E-state index contributed by atoms with van der Waals surface area (Å²) in [4.78, 5) is 12.2. The summed E-state index contributed by atoms with van der Waals surface area (Å²) in [5.74, 6) is -0.129. The van der Waals surface area contributed by atoms with Crippen molar-refractivity contribution in [2.45, 2.75) is 26.2 Å². The molecule has 3 aromatic rings. The normalized spacial score (nSPS) is 12.0. The molecule has 0 fully saturated rings. The smallest absolute Gasteiger partial charge is 0.248 e. The number of fused-ring (bicyclic) bond motifs is 1. The number of benzene rings is 2. The Balaban J connectivity index is 1.67. The molecule has 3 rings (SSSR count). The fourth-order valence-electron chi connectivity index (χ4n) is 2.81. The third-order valence-corrected chi connectivity index (χ3v) is 4.36. The Kier molecular flexibility index (Phi) is 4.49. The number of carbonyl (C=O) groups is 1. The zero-order valence-corrected chi connectivity index (χ0v) is 15.2. The Morgan fingerprint density at radius 3 is 2.44 bits per heavy atom. The van der Waals surface area contributed by atoms with E-state index in [-0.39, 0.29) is 11.3 Å². The summed E-state index contributed by atoms with van der Waals surface area (Å²) in [6, 6.07) is 16.3. The van der Waals surface area contributed by atoms with Crippen LogP contribution >= 0.6 is 0 Å². The molecule has 0 atom stereocenters. The molecule has 128 valence electrons. The molecule has 0 spiro atoms. The number of hydrogen-bond donors (Lipinski definition) is 1. The Labute approximate surface area is 149 Å². The van der Waals surface area contributed by atoms with Crippen LogP contribution in [0.1, 0.15) is 31.9 Å². The second kappa shape index (κ2) is 6.60. The minimum atomic E-state index is -0.129. The lowest BCUT2D eigenvalue weighted by Crippen LogP contribution is -2.10. The maximum absolute atomic E-state index is 12.2. The maximum atomic E-state index is 12.2. The number of aromatic nitrogens is 1. The van der Waals surface area contributed by atoms with Crippen molar-refractivity contribution in [1.82, 2.24) is 4.57 Å². The van der Waals surface area contributed by atoms with Gasteiger partial charge >= 0.3 is 0 Å². The van der Waals surface area contributed by atoms with Crippen molar-refractivity contribution in [2.75, 3.05) is 5.32 Å². The summed E-state index contributed by atoms with van der Waals surface area (Å²) in [5.41, 5.74) is 4.38. The fourth-order valence-corrected chi connectivity index (χ4v) is 2.81. The Morgan fingerprint density at radius 2 is 1.76 bits per heavy atom. The van der Waals surface area contributed by atoms with Gasteiger partial charge in [-0.1, -0.05) is 45.0 Å². The molecule has 0 radical (unpaired) electrons. The highest BCUT2D eigenvalue weighted by atomic mass is 16.1. The van der Waals surface area contributed by atoms with Crippen LogP contribution in [-0.4, -0.2) is 10.5 Å². The SMILES string of the molecule is Cn1ccc2cc(NC(=O)/C=C/c3ccc(C(C)(C)C)cc3)ccc21. The first-order valence-electron chi connectivity index (χ1n) is 8.48. The van der Waals surface area contributed by atoms with Crippen molar-refractivity contribution in [3.8, 4) is 0 Å². The number of hydrogen-bond acceptors (Lipinski definition) is 1. The summed E-state index contributed by atoms with van der Waals surface area (Å²) >= 11 is 0. The van der Waals surface area contributed by atoms with E-state index in [1.165, 1.54) is 5.56 Å². The molecule has 1 heterocycles. The van der Waals surface area contributed by atoms with Crippen LogP contribution in [0.4, 0.5) is 5.69 Å². The minimum Gasteiger partial charge on any atom is -0.351 e. The van der Waals surface area contributed by atoms with Gasteiger partial charge in [0.1, 0.15) is 0 Å². The predicted molar refractivity (Wildman–Crippen MR) is 106 cm³/mol. The maximum Gasteiger partial charge on any atom is 0.248 e. The van der Waals surface area contributed by atoms with E-state index in [9.17, 15) is 4.79 Å². The molecule has 0 saturated carbocycles. The molecule has 0 saturated heterocycles. The molecule has 1 N–H and O–H groups in total. The molecule has 0 unspecified atom stereocenters. The van der Waals surface area contributed by atoms with Gasteiger partial charge in [0, 0.05) is 35.9 Å². The molecular formula is C22H24N2O. The summed E-state index contributed by atoms with van der Waals surface area (Å²) < 4.78 is 2.06. The van der Waals surface area contributed by atoms with E-state index >= 15 is 0 Å². The summed E-state index contributed by atoms with van der Waals surface area (Å²) in [5, 5.41) is 4.03. The number of carbonyl (C=O) groups excluding carboxylic acids is 1. The molecular weight excluding hydrogens is 308 g/mol. The third kappa shape index (κ3) is 4.00. The van der Waals surface area contributed by atoms with Crippen LogP contribution in [0.3, 0.4) is 0 Å². The quantitative estimate of drug-likeness (QED) is 0.663. The van der Waals surface area contributed by atoms with Crippen LogP contribution in [0.15, 0.2) is 60.8 Å². The molecule has 2 aromatic carbocycles. The van der Waals surface area contributed by atoms with E-state index in [1.807, 2.05) is 55.7 Å². The second-order valence-electron chi connectivity index (χ2n) is 7.39. The van der Waals surface area contributed by atoms with Gasteiger partial charge in [-0.05, 0) is 46.9 Å². The average Bonchev–Trinajstić information content (AvgIpc) is 2.93. The number of rotatable bonds is 3. The van der Waals surface area contributed by atoms with Gasteiger partial charge in [0.2, 0.25) is 5.91 Å². The Hall–Kier alpha value is -2.81. The highest BCUT2D eigenvalue weighted by molar-refractivity contribution is 6.03. The molecule has 3 nitrogen and oxygen atoms in total. The lowest BCUT2D eigenvalue weighted by Gasteiger charge is -2.18. The first-order chi connectivity index (χ1) is 11.8. The molecule has 0 aliphatic heterocycles. The van der Waals surface area contributed by atoms with E-state index in [0.717, 1.165) is 22.2 Å². The highest BCUT2D eigenvalue weighted by Crippen LogP contribution is 2.22. The van der Waals surface area contributed by atoms with Gasteiger partial charge in [0.05, 0.1) is 0 Å². The average molecular weight is 332 g/mol. The standard InChI is InChI=1S/C22H24N2O/c1-22(2,3)18-8-5-16(6-9-18)7-12-21(25)23-19-10-11-20-17(15-19)13-14-24(20)4/h5-15H,1-4H3,(H,23,25)/b12-7+. The second-order valence-corrected chi connectivity index (χ2v) is 7.39. The van der Waals surface area contributed by atoms with Crippen molar-refractivity contribution in [2.24, 2.45) is 7.05 Å². The zero-order chi connectivity index (χ0) is 18.0. The lowest BCUT2D eigenvalue weighted by atomic mass is 9.87. The Morgan fingerprint density at radius 1 is 1.04 bits per heavy atom. The zero-order valence-electron chi connectivity index (χ0n) is 15.2. The van der Waals surface area contributed by atoms with E-state index < -0.39 is 0 Å². The highest BCUT2D eigenvalue weighted by Gasteiger charge is 2.12. The van der Waals surface area contributed by atoms with Crippen LogP contribution in [0, 0.1) is 0 Å².